The van der Waals surface area contributed by atoms with Crippen molar-refractivity contribution >= 4 is 11.9 Å². The summed E-state index contributed by atoms with van der Waals surface area (Å²) in [5, 5.41) is 11.6. The second-order valence-corrected chi connectivity index (χ2v) is 4.16. The van der Waals surface area contributed by atoms with Crippen LogP contribution in [0.25, 0.3) is 0 Å². The number of ether oxygens (including phenoxy) is 2. The van der Waals surface area contributed by atoms with E-state index < -0.39 is 17.9 Å². The summed E-state index contributed by atoms with van der Waals surface area (Å²) in [6, 6.07) is -0.630. The Hall–Kier alpha value is -1.14. The van der Waals surface area contributed by atoms with E-state index in [9.17, 15) is 9.59 Å². The van der Waals surface area contributed by atoms with Gasteiger partial charge in [0.1, 0.15) is 12.6 Å². The lowest BCUT2D eigenvalue weighted by molar-refractivity contribution is -0.152. The topological polar surface area (TPSA) is 84.9 Å². The van der Waals surface area contributed by atoms with Gasteiger partial charge < -0.3 is 19.9 Å². The van der Waals surface area contributed by atoms with Crippen LogP contribution < -0.4 is 5.32 Å². The molecule has 0 aromatic carbocycles. The molecular weight excluding hydrogens is 226 g/mol. The van der Waals surface area contributed by atoms with Crippen LogP contribution in [0.3, 0.4) is 0 Å². The number of esters is 2. The highest BCUT2D eigenvalue weighted by Crippen LogP contribution is 2.17. The quantitative estimate of drug-likeness (QED) is 0.649. The molecule has 2 N–H and O–H groups in total. The predicted molar refractivity (Wildman–Crippen MR) is 59.2 cm³/mol. The Morgan fingerprint density at radius 1 is 1.41 bits per heavy atom. The average Bonchev–Trinajstić information content (AvgIpc) is 2.32. The molecule has 3 atom stereocenters. The minimum atomic E-state index is -0.630. The fraction of sp³-hybridized carbons (Fsp3) is 0.818. The van der Waals surface area contributed by atoms with Crippen LogP contribution in [-0.4, -0.2) is 49.5 Å². The molecular formula is C11H19NO5. The molecule has 0 saturated carbocycles. The van der Waals surface area contributed by atoms with Crippen molar-refractivity contribution in [2.24, 2.45) is 5.92 Å². The van der Waals surface area contributed by atoms with Crippen molar-refractivity contribution < 1.29 is 24.2 Å². The third-order valence-corrected chi connectivity index (χ3v) is 2.77. The Balaban J connectivity index is 2.73. The minimum absolute atomic E-state index is 0.0389. The molecule has 1 aliphatic heterocycles. The molecule has 1 rings (SSSR count). The first-order valence-corrected chi connectivity index (χ1v) is 5.73. The lowest BCUT2D eigenvalue weighted by Gasteiger charge is -2.17. The molecule has 98 valence electrons. The third kappa shape index (κ3) is 3.98. The molecule has 1 aliphatic rings. The zero-order valence-electron chi connectivity index (χ0n) is 10.1. The number of likely N-dealkylation sites (N-methyl/N-ethyl adjacent to an activating group) is 1. The molecule has 1 fully saturated rings. The fourth-order valence-corrected chi connectivity index (χ4v) is 1.77. The first-order valence-electron chi connectivity index (χ1n) is 5.73. The summed E-state index contributed by atoms with van der Waals surface area (Å²) >= 11 is 0. The van der Waals surface area contributed by atoms with Crippen LogP contribution in [0.2, 0.25) is 0 Å². The van der Waals surface area contributed by atoms with Gasteiger partial charge in [0.15, 0.2) is 0 Å². The van der Waals surface area contributed by atoms with Crippen LogP contribution in [0.1, 0.15) is 19.8 Å². The maximum absolute atomic E-state index is 11.7. The van der Waals surface area contributed by atoms with Gasteiger partial charge in [-0.2, -0.15) is 0 Å². The summed E-state index contributed by atoms with van der Waals surface area (Å²) in [6.07, 6.45) is 0.340. The van der Waals surface area contributed by atoms with Gasteiger partial charge in [0.25, 0.3) is 0 Å². The number of carbonyl (C=O) groups is 2. The number of carbonyl (C=O) groups excluding carboxylic acids is 2. The molecule has 0 amide bonds. The maximum atomic E-state index is 11.7. The summed E-state index contributed by atoms with van der Waals surface area (Å²) in [4.78, 5) is 23.3. The number of rotatable bonds is 3. The van der Waals surface area contributed by atoms with E-state index in [0.717, 1.165) is 0 Å². The second kappa shape index (κ2) is 6.56. The van der Waals surface area contributed by atoms with Crippen LogP contribution in [0.15, 0.2) is 0 Å². The van der Waals surface area contributed by atoms with Crippen molar-refractivity contribution in [3.8, 4) is 0 Å². The smallest absolute Gasteiger partial charge is 0.326 e. The van der Waals surface area contributed by atoms with Gasteiger partial charge in [0, 0.05) is 6.61 Å². The zero-order chi connectivity index (χ0) is 12.8. The summed E-state index contributed by atoms with van der Waals surface area (Å²) in [7, 11) is 1.60. The van der Waals surface area contributed by atoms with Crippen LogP contribution in [-0.2, 0) is 19.1 Å². The number of aliphatic hydroxyl groups excluding tert-OH is 1. The van der Waals surface area contributed by atoms with Gasteiger partial charge in [0.05, 0.1) is 12.0 Å². The first kappa shape index (κ1) is 13.9. The van der Waals surface area contributed by atoms with Gasteiger partial charge in [-0.3, -0.25) is 9.59 Å². The molecule has 0 spiro atoms. The van der Waals surface area contributed by atoms with Crippen LogP contribution in [0.5, 0.6) is 0 Å². The van der Waals surface area contributed by atoms with E-state index in [1.54, 1.807) is 14.0 Å². The molecule has 6 nitrogen and oxygen atoms in total. The van der Waals surface area contributed by atoms with Crippen molar-refractivity contribution in [3.63, 3.8) is 0 Å². The SMILES string of the molecule is CN[C@H]1COC(=O)C(CCO)CC(C)OC1=O. The molecule has 6 heteroatoms. The highest BCUT2D eigenvalue weighted by atomic mass is 16.6. The predicted octanol–water partition coefficient (Wildman–Crippen LogP) is -0.548. The standard InChI is InChI=1S/C11H19NO5/c1-7-5-8(3-4-13)10(14)16-6-9(12-2)11(15)17-7/h7-9,12-13H,3-6H2,1-2H3/t7?,8?,9-/m0/s1. The number of hydrogen-bond acceptors (Lipinski definition) is 6. The Morgan fingerprint density at radius 3 is 2.71 bits per heavy atom. The average molecular weight is 245 g/mol. The largest absolute Gasteiger partial charge is 0.463 e. The molecule has 1 saturated heterocycles. The van der Waals surface area contributed by atoms with Gasteiger partial charge in [-0.15, -0.1) is 0 Å². The minimum Gasteiger partial charge on any atom is -0.463 e. The Bertz CT molecular complexity index is 281. The fourth-order valence-electron chi connectivity index (χ4n) is 1.77. The molecule has 0 aromatic heterocycles. The lowest BCUT2D eigenvalue weighted by atomic mass is 9.99. The van der Waals surface area contributed by atoms with Crippen molar-refractivity contribution in [2.45, 2.75) is 31.9 Å². The van der Waals surface area contributed by atoms with Gasteiger partial charge in [-0.25, -0.2) is 0 Å². The van der Waals surface area contributed by atoms with Gasteiger partial charge in [0.2, 0.25) is 0 Å². The van der Waals surface area contributed by atoms with Crippen molar-refractivity contribution in [2.75, 3.05) is 20.3 Å². The highest BCUT2D eigenvalue weighted by Gasteiger charge is 2.30. The Morgan fingerprint density at radius 2 is 2.12 bits per heavy atom. The first-order chi connectivity index (χ1) is 8.08. The van der Waals surface area contributed by atoms with E-state index >= 15 is 0 Å². The summed E-state index contributed by atoms with van der Waals surface area (Å²) < 4.78 is 10.2. The third-order valence-electron chi connectivity index (χ3n) is 2.77. The second-order valence-electron chi connectivity index (χ2n) is 4.16. The summed E-state index contributed by atoms with van der Waals surface area (Å²) in [5.74, 6) is -1.22. The molecule has 17 heavy (non-hydrogen) atoms. The van der Waals surface area contributed by atoms with Gasteiger partial charge >= 0.3 is 11.9 Å². The van der Waals surface area contributed by atoms with E-state index in [1.807, 2.05) is 0 Å². The number of hydrogen-bond donors (Lipinski definition) is 2. The van der Waals surface area contributed by atoms with E-state index in [1.165, 1.54) is 0 Å². The molecule has 2 unspecified atom stereocenters. The van der Waals surface area contributed by atoms with Crippen LogP contribution >= 0.6 is 0 Å². The zero-order valence-corrected chi connectivity index (χ0v) is 10.1. The Labute approximate surface area is 100 Å². The van der Waals surface area contributed by atoms with E-state index in [2.05, 4.69) is 5.32 Å². The van der Waals surface area contributed by atoms with Crippen molar-refractivity contribution in [1.29, 1.82) is 0 Å². The van der Waals surface area contributed by atoms with E-state index in [0.29, 0.717) is 12.8 Å². The molecule has 0 radical (unpaired) electrons. The molecule has 0 aliphatic carbocycles. The van der Waals surface area contributed by atoms with E-state index in [-0.39, 0.29) is 25.3 Å². The summed E-state index contributed by atoms with van der Waals surface area (Å²) in [6.45, 7) is 1.60. The van der Waals surface area contributed by atoms with Crippen LogP contribution in [0.4, 0.5) is 0 Å². The lowest BCUT2D eigenvalue weighted by Crippen LogP contribution is -2.40. The molecule has 0 aromatic rings. The maximum Gasteiger partial charge on any atom is 0.326 e. The monoisotopic (exact) mass is 245 g/mol. The van der Waals surface area contributed by atoms with Gasteiger partial charge in [-0.05, 0) is 26.8 Å². The number of aliphatic hydroxyl groups is 1. The van der Waals surface area contributed by atoms with Crippen LogP contribution in [0, 0.1) is 5.92 Å². The Kier molecular flexibility index (Phi) is 5.37. The number of nitrogens with one attached hydrogen (secondary N) is 1. The summed E-state index contributed by atoms with van der Waals surface area (Å²) in [5.41, 5.74) is 0. The molecule has 0 bridgehead atoms. The van der Waals surface area contributed by atoms with Crippen molar-refractivity contribution in [1.82, 2.24) is 5.32 Å². The normalized spacial score (nSPS) is 30.9. The molecule has 1 heterocycles. The van der Waals surface area contributed by atoms with Crippen molar-refractivity contribution in [3.05, 3.63) is 0 Å². The van der Waals surface area contributed by atoms with E-state index in [4.69, 9.17) is 14.6 Å². The highest BCUT2D eigenvalue weighted by molar-refractivity contribution is 5.78. The van der Waals surface area contributed by atoms with Gasteiger partial charge in [-0.1, -0.05) is 0 Å². The number of cyclic esters (lactones) is 2.